The molecular weight excluding hydrogens is 449 g/mol. The van der Waals surface area contributed by atoms with E-state index in [1.165, 1.54) is 23.1 Å². The molecular formula is C27H30FN3O4. The van der Waals surface area contributed by atoms with Crippen molar-refractivity contribution in [2.45, 2.75) is 50.0 Å². The molecule has 0 radical (unpaired) electrons. The van der Waals surface area contributed by atoms with Gasteiger partial charge < -0.3 is 14.9 Å². The molecule has 1 N–H and O–H groups in total. The molecule has 1 atom stereocenters. The Hall–Kier alpha value is -3.42. The summed E-state index contributed by atoms with van der Waals surface area (Å²) in [6.07, 6.45) is 3.21. The lowest BCUT2D eigenvalue weighted by Gasteiger charge is -2.38. The Kier molecular flexibility index (Phi) is 6.21. The van der Waals surface area contributed by atoms with Crippen LogP contribution >= 0.6 is 0 Å². The molecule has 0 bridgehead atoms. The molecule has 0 spiro atoms. The van der Waals surface area contributed by atoms with Gasteiger partial charge in [-0.25, -0.2) is 4.39 Å². The van der Waals surface area contributed by atoms with Crippen molar-refractivity contribution in [1.82, 2.24) is 9.80 Å². The summed E-state index contributed by atoms with van der Waals surface area (Å²) in [6, 6.07) is 12.7. The molecule has 0 aromatic heterocycles. The zero-order valence-electron chi connectivity index (χ0n) is 19.7. The van der Waals surface area contributed by atoms with E-state index in [1.54, 1.807) is 23.1 Å². The van der Waals surface area contributed by atoms with Gasteiger partial charge in [-0.05, 0) is 42.7 Å². The topological polar surface area (TPSA) is 81.2 Å². The van der Waals surface area contributed by atoms with Crippen LogP contribution in [-0.4, -0.2) is 64.8 Å². The van der Waals surface area contributed by atoms with Crippen molar-refractivity contribution in [3.8, 4) is 5.75 Å². The number of para-hydroxylation sites is 2. The minimum atomic E-state index is -1.38. The van der Waals surface area contributed by atoms with E-state index < -0.39 is 11.2 Å². The Morgan fingerprint density at radius 3 is 2.40 bits per heavy atom. The summed E-state index contributed by atoms with van der Waals surface area (Å²) in [5, 5.41) is 10.2. The largest absolute Gasteiger partial charge is 0.506 e. The highest BCUT2D eigenvalue weighted by Gasteiger charge is 2.56. The number of likely N-dealkylation sites (tertiary alicyclic amines) is 1. The number of hydrogen-bond acceptors (Lipinski definition) is 5. The van der Waals surface area contributed by atoms with Gasteiger partial charge in [-0.3, -0.25) is 19.3 Å². The number of hydrogen-bond donors (Lipinski definition) is 1. The Morgan fingerprint density at radius 2 is 1.71 bits per heavy atom. The third-order valence-electron chi connectivity index (χ3n) is 7.72. The van der Waals surface area contributed by atoms with Gasteiger partial charge in [-0.2, -0.15) is 0 Å². The molecule has 3 amide bonds. The lowest BCUT2D eigenvalue weighted by atomic mass is 9.75. The molecule has 7 nitrogen and oxygen atoms in total. The number of nitrogens with zero attached hydrogens (tertiary/aromatic N) is 3. The number of carbonyl (C=O) groups is 3. The van der Waals surface area contributed by atoms with Crippen LogP contribution in [0.5, 0.6) is 5.75 Å². The second-order valence-corrected chi connectivity index (χ2v) is 9.81. The molecule has 1 aliphatic carbocycles. The number of carbonyl (C=O) groups excluding carboxylic acids is 3. The number of anilines is 1. The molecule has 8 heteroatoms. The van der Waals surface area contributed by atoms with Crippen LogP contribution in [0.1, 0.15) is 44.1 Å². The van der Waals surface area contributed by atoms with Gasteiger partial charge >= 0.3 is 0 Å². The van der Waals surface area contributed by atoms with Crippen molar-refractivity contribution < 1.29 is 23.9 Å². The summed E-state index contributed by atoms with van der Waals surface area (Å²) in [5.74, 6) is -1.17. The van der Waals surface area contributed by atoms with Crippen LogP contribution in [0.15, 0.2) is 48.5 Å². The maximum atomic E-state index is 14.2. The molecule has 2 saturated heterocycles. The monoisotopic (exact) mass is 479 g/mol. The summed E-state index contributed by atoms with van der Waals surface area (Å²) in [4.78, 5) is 45.5. The smallest absolute Gasteiger partial charge is 0.241 e. The highest BCUT2D eigenvalue weighted by Crippen LogP contribution is 2.43. The van der Waals surface area contributed by atoms with Crippen LogP contribution in [0.25, 0.3) is 0 Å². The number of piperazine rings is 1. The first-order valence-electron chi connectivity index (χ1n) is 12.3. The molecule has 3 fully saturated rings. The van der Waals surface area contributed by atoms with Crippen LogP contribution in [0, 0.1) is 5.82 Å². The van der Waals surface area contributed by atoms with E-state index in [2.05, 4.69) is 0 Å². The SMILES string of the molecule is O=C(C[C@]1(c2cccc(F)c2)CC(=O)N(C2CCCC2)C1=O)N1CCN(c2ccccc2O)CC1. The highest BCUT2D eigenvalue weighted by atomic mass is 19.1. The fraction of sp³-hybridized carbons (Fsp3) is 0.444. The molecule has 2 aromatic rings. The second kappa shape index (κ2) is 9.32. The van der Waals surface area contributed by atoms with Crippen molar-refractivity contribution in [3.05, 3.63) is 59.9 Å². The Balaban J connectivity index is 1.37. The Labute approximate surface area is 204 Å². The first-order valence-corrected chi connectivity index (χ1v) is 12.3. The number of halogens is 1. The van der Waals surface area contributed by atoms with Crippen LogP contribution < -0.4 is 4.90 Å². The van der Waals surface area contributed by atoms with Crippen LogP contribution in [0.2, 0.25) is 0 Å². The van der Waals surface area contributed by atoms with E-state index in [0.717, 1.165) is 31.4 Å². The van der Waals surface area contributed by atoms with E-state index in [1.807, 2.05) is 17.0 Å². The Morgan fingerprint density at radius 1 is 1.00 bits per heavy atom. The van der Waals surface area contributed by atoms with E-state index in [9.17, 15) is 23.9 Å². The first kappa shape index (κ1) is 23.3. The lowest BCUT2D eigenvalue weighted by Crippen LogP contribution is -2.51. The first-order chi connectivity index (χ1) is 16.9. The third kappa shape index (κ3) is 4.26. The van der Waals surface area contributed by atoms with Gasteiger partial charge in [0.2, 0.25) is 17.7 Å². The van der Waals surface area contributed by atoms with Gasteiger partial charge in [0, 0.05) is 45.1 Å². The summed E-state index contributed by atoms with van der Waals surface area (Å²) in [6.45, 7) is 1.94. The lowest BCUT2D eigenvalue weighted by molar-refractivity contribution is -0.144. The molecule has 2 aromatic carbocycles. The number of imide groups is 1. The zero-order valence-corrected chi connectivity index (χ0v) is 19.7. The molecule has 2 heterocycles. The molecule has 3 aliphatic rings. The fourth-order valence-electron chi connectivity index (χ4n) is 5.84. The predicted octanol–water partition coefficient (Wildman–Crippen LogP) is 3.21. The summed E-state index contributed by atoms with van der Waals surface area (Å²) < 4.78 is 14.2. The average molecular weight is 480 g/mol. The van der Waals surface area contributed by atoms with Crippen molar-refractivity contribution in [1.29, 1.82) is 0 Å². The minimum Gasteiger partial charge on any atom is -0.506 e. The van der Waals surface area contributed by atoms with Crippen molar-refractivity contribution in [3.63, 3.8) is 0 Å². The quantitative estimate of drug-likeness (QED) is 0.666. The highest BCUT2D eigenvalue weighted by molar-refractivity contribution is 6.11. The second-order valence-electron chi connectivity index (χ2n) is 9.81. The fourth-order valence-corrected chi connectivity index (χ4v) is 5.84. The summed E-state index contributed by atoms with van der Waals surface area (Å²) >= 11 is 0. The molecule has 0 unspecified atom stereocenters. The maximum absolute atomic E-state index is 14.2. The molecule has 35 heavy (non-hydrogen) atoms. The van der Waals surface area contributed by atoms with Crippen molar-refractivity contribution in [2.24, 2.45) is 0 Å². The van der Waals surface area contributed by atoms with Crippen molar-refractivity contribution >= 4 is 23.4 Å². The van der Waals surface area contributed by atoms with E-state index in [0.29, 0.717) is 31.7 Å². The number of amides is 3. The molecule has 184 valence electrons. The average Bonchev–Trinajstić information content (AvgIpc) is 3.46. The summed E-state index contributed by atoms with van der Waals surface area (Å²) in [5.41, 5.74) is -0.273. The zero-order chi connectivity index (χ0) is 24.6. The van der Waals surface area contributed by atoms with E-state index in [-0.39, 0.29) is 42.4 Å². The number of rotatable bonds is 5. The van der Waals surface area contributed by atoms with Gasteiger partial charge in [0.15, 0.2) is 0 Å². The van der Waals surface area contributed by atoms with Gasteiger partial charge in [0.25, 0.3) is 0 Å². The number of phenolic OH excluding ortho intramolecular Hbond substituents is 1. The standard InChI is InChI=1S/C27H30FN3O4/c28-20-7-5-6-19(16-20)27(18-25(34)31(26(27)35)21-8-1-2-9-21)17-24(33)30-14-12-29(13-15-30)22-10-3-4-11-23(22)32/h3-7,10-11,16,21,32H,1-2,8-9,12-15,17-18H2/t27-/m1/s1. The van der Waals surface area contributed by atoms with Gasteiger partial charge in [-0.15, -0.1) is 0 Å². The number of benzene rings is 2. The number of phenols is 1. The number of aromatic hydroxyl groups is 1. The molecule has 5 rings (SSSR count). The maximum Gasteiger partial charge on any atom is 0.241 e. The minimum absolute atomic E-state index is 0.116. The Bertz CT molecular complexity index is 1140. The van der Waals surface area contributed by atoms with Gasteiger partial charge in [0.05, 0.1) is 11.1 Å². The molecule has 2 aliphatic heterocycles. The van der Waals surface area contributed by atoms with Crippen LogP contribution in [0.3, 0.4) is 0 Å². The van der Waals surface area contributed by atoms with E-state index >= 15 is 0 Å². The van der Waals surface area contributed by atoms with Gasteiger partial charge in [-0.1, -0.05) is 37.1 Å². The molecule has 1 saturated carbocycles. The van der Waals surface area contributed by atoms with Crippen molar-refractivity contribution in [2.75, 3.05) is 31.1 Å². The normalized spacial score (nSPS) is 23.4. The summed E-state index contributed by atoms with van der Waals surface area (Å²) in [7, 11) is 0. The van der Waals surface area contributed by atoms with Crippen LogP contribution in [0.4, 0.5) is 10.1 Å². The van der Waals surface area contributed by atoms with Crippen LogP contribution in [-0.2, 0) is 19.8 Å². The van der Waals surface area contributed by atoms with Gasteiger partial charge in [0.1, 0.15) is 11.6 Å². The van der Waals surface area contributed by atoms with E-state index in [4.69, 9.17) is 0 Å². The third-order valence-corrected chi connectivity index (χ3v) is 7.72. The predicted molar refractivity (Wildman–Crippen MR) is 128 cm³/mol.